The van der Waals surface area contributed by atoms with Crippen LogP contribution in [0.5, 0.6) is 5.75 Å². The number of rotatable bonds is 2. The minimum atomic E-state index is 0.142. The topological polar surface area (TPSA) is 67.5 Å². The highest BCUT2D eigenvalue weighted by molar-refractivity contribution is 6.36. The molecule has 6 heteroatoms. The Balaban J connectivity index is 3.10. The molecule has 0 atom stereocenters. The average Bonchev–Trinajstić information content (AvgIpc) is 1.96. The highest BCUT2D eigenvalue weighted by Crippen LogP contribution is 2.33. The predicted octanol–water partition coefficient (Wildman–Crippen LogP) is 1.85. The molecule has 0 unspecified atom stereocenters. The van der Waals surface area contributed by atoms with Gasteiger partial charge in [-0.3, -0.25) is 5.21 Å². The average molecular weight is 209 g/mol. The third-order valence-corrected chi connectivity index (χ3v) is 1.68. The molecule has 0 saturated carbocycles. The quantitative estimate of drug-likeness (QED) is 0.513. The molecule has 0 amide bonds. The van der Waals surface area contributed by atoms with Gasteiger partial charge < -0.3 is 10.6 Å². The molecule has 12 heavy (non-hydrogen) atoms. The largest absolute Gasteiger partial charge is 0.396 e. The third-order valence-electron chi connectivity index (χ3n) is 1.18. The van der Waals surface area contributed by atoms with Crippen LogP contribution in [0.4, 0.5) is 5.69 Å². The fourth-order valence-corrected chi connectivity index (χ4v) is 1.28. The van der Waals surface area contributed by atoms with Gasteiger partial charge in [-0.25, -0.2) is 0 Å². The lowest BCUT2D eigenvalue weighted by Crippen LogP contribution is -2.13. The SMILES string of the molecule is Nc1cc(Cl)cc(Cl)c1ONO. The van der Waals surface area contributed by atoms with Crippen molar-refractivity contribution in [2.75, 3.05) is 5.73 Å². The highest BCUT2D eigenvalue weighted by Gasteiger charge is 2.07. The minimum Gasteiger partial charge on any atom is -0.396 e. The molecule has 1 aromatic rings. The van der Waals surface area contributed by atoms with Crippen LogP contribution < -0.4 is 16.2 Å². The van der Waals surface area contributed by atoms with E-state index in [4.69, 9.17) is 34.1 Å². The van der Waals surface area contributed by atoms with Crippen LogP contribution in [0.15, 0.2) is 12.1 Å². The van der Waals surface area contributed by atoms with Gasteiger partial charge >= 0.3 is 0 Å². The number of anilines is 1. The van der Waals surface area contributed by atoms with Gasteiger partial charge in [0.1, 0.15) is 0 Å². The van der Waals surface area contributed by atoms with Gasteiger partial charge in [-0.05, 0) is 17.8 Å². The number of nitrogens with two attached hydrogens (primary N) is 1. The minimum absolute atomic E-state index is 0.142. The van der Waals surface area contributed by atoms with Gasteiger partial charge in [-0.15, -0.1) is 0 Å². The Bertz CT molecular complexity index is 270. The summed E-state index contributed by atoms with van der Waals surface area (Å²) in [5.41, 5.74) is 7.19. The first-order valence-corrected chi connectivity index (χ1v) is 3.71. The Morgan fingerprint density at radius 2 is 2.08 bits per heavy atom. The van der Waals surface area contributed by atoms with Gasteiger partial charge in [0.2, 0.25) is 0 Å². The van der Waals surface area contributed by atoms with Crippen LogP contribution in [0, 0.1) is 0 Å². The Kier molecular flexibility index (Phi) is 2.99. The lowest BCUT2D eigenvalue weighted by atomic mass is 10.3. The van der Waals surface area contributed by atoms with Crippen molar-refractivity contribution in [1.82, 2.24) is 5.64 Å². The fourth-order valence-electron chi connectivity index (χ4n) is 0.734. The van der Waals surface area contributed by atoms with E-state index in [0.29, 0.717) is 5.02 Å². The van der Waals surface area contributed by atoms with Crippen LogP contribution in [0.3, 0.4) is 0 Å². The monoisotopic (exact) mass is 208 g/mol. The molecule has 0 heterocycles. The van der Waals surface area contributed by atoms with Crippen molar-refractivity contribution in [2.45, 2.75) is 0 Å². The van der Waals surface area contributed by atoms with E-state index in [2.05, 4.69) is 4.84 Å². The van der Waals surface area contributed by atoms with Gasteiger partial charge in [-0.1, -0.05) is 23.2 Å². The van der Waals surface area contributed by atoms with Crippen LogP contribution in [0.1, 0.15) is 0 Å². The lowest BCUT2D eigenvalue weighted by molar-refractivity contribution is -0.0429. The number of nitrogen functional groups attached to an aromatic ring is 1. The van der Waals surface area contributed by atoms with Crippen LogP contribution in [0.2, 0.25) is 10.0 Å². The molecule has 1 rings (SSSR count). The van der Waals surface area contributed by atoms with Crippen molar-refractivity contribution < 1.29 is 10.0 Å². The van der Waals surface area contributed by atoms with Gasteiger partial charge in [0.05, 0.1) is 10.7 Å². The maximum atomic E-state index is 8.22. The van der Waals surface area contributed by atoms with Crippen molar-refractivity contribution in [3.05, 3.63) is 22.2 Å². The van der Waals surface area contributed by atoms with E-state index < -0.39 is 0 Å². The molecule has 4 N–H and O–H groups in total. The maximum absolute atomic E-state index is 8.22. The second kappa shape index (κ2) is 3.82. The number of nitrogens with one attached hydrogen (secondary N) is 1. The Labute approximate surface area is 78.7 Å². The molecule has 0 aliphatic heterocycles. The van der Waals surface area contributed by atoms with Crippen molar-refractivity contribution in [1.29, 1.82) is 0 Å². The van der Waals surface area contributed by atoms with Crippen LogP contribution >= 0.6 is 23.2 Å². The fraction of sp³-hybridized carbons (Fsp3) is 0. The molecule has 0 bridgehead atoms. The number of halogens is 2. The summed E-state index contributed by atoms with van der Waals surface area (Å²) in [5.74, 6) is 0.142. The summed E-state index contributed by atoms with van der Waals surface area (Å²) in [6.07, 6.45) is 0. The van der Waals surface area contributed by atoms with Gasteiger partial charge in [0.25, 0.3) is 0 Å². The van der Waals surface area contributed by atoms with Crippen LogP contribution in [-0.4, -0.2) is 5.21 Å². The summed E-state index contributed by atoms with van der Waals surface area (Å²) in [5, 5.41) is 8.85. The van der Waals surface area contributed by atoms with E-state index in [9.17, 15) is 0 Å². The summed E-state index contributed by atoms with van der Waals surface area (Å²) >= 11 is 11.3. The standard InChI is InChI=1S/C6H6Cl2N2O2/c7-3-1-4(8)6(12-10-11)5(9)2-3/h1-2,10-11H,9H2. The van der Waals surface area contributed by atoms with Gasteiger partial charge in [-0.2, -0.15) is 0 Å². The summed E-state index contributed by atoms with van der Waals surface area (Å²) < 4.78 is 0. The predicted molar refractivity (Wildman–Crippen MR) is 46.4 cm³/mol. The first-order valence-electron chi connectivity index (χ1n) is 2.95. The number of hydrogen-bond donors (Lipinski definition) is 3. The zero-order valence-electron chi connectivity index (χ0n) is 5.84. The van der Waals surface area contributed by atoms with E-state index in [1.165, 1.54) is 17.8 Å². The number of benzene rings is 1. The zero-order chi connectivity index (χ0) is 9.14. The van der Waals surface area contributed by atoms with Crippen molar-refractivity contribution >= 4 is 28.9 Å². The summed E-state index contributed by atoms with van der Waals surface area (Å²) in [6, 6.07) is 2.91. The van der Waals surface area contributed by atoms with Crippen LogP contribution in [-0.2, 0) is 0 Å². The smallest absolute Gasteiger partial charge is 0.191 e. The molecule has 1 aromatic carbocycles. The van der Waals surface area contributed by atoms with E-state index in [-0.39, 0.29) is 16.5 Å². The van der Waals surface area contributed by atoms with Crippen molar-refractivity contribution in [2.24, 2.45) is 0 Å². The molecule has 66 valence electrons. The zero-order valence-corrected chi connectivity index (χ0v) is 7.36. The summed E-state index contributed by atoms with van der Waals surface area (Å²) in [4.78, 5) is 4.51. The molecular formula is C6H6Cl2N2O2. The van der Waals surface area contributed by atoms with Crippen LogP contribution in [0.25, 0.3) is 0 Å². The molecular weight excluding hydrogens is 203 g/mol. The number of hydrogen-bond acceptors (Lipinski definition) is 4. The molecule has 4 nitrogen and oxygen atoms in total. The Morgan fingerprint density at radius 1 is 1.42 bits per heavy atom. The first kappa shape index (κ1) is 9.41. The van der Waals surface area contributed by atoms with Crippen molar-refractivity contribution in [3.8, 4) is 5.75 Å². The molecule has 0 aliphatic carbocycles. The molecule has 0 aliphatic rings. The second-order valence-corrected chi connectivity index (χ2v) is 2.84. The van der Waals surface area contributed by atoms with E-state index >= 15 is 0 Å². The second-order valence-electron chi connectivity index (χ2n) is 2.00. The Morgan fingerprint density at radius 3 is 2.58 bits per heavy atom. The molecule has 0 radical (unpaired) electrons. The van der Waals surface area contributed by atoms with Gasteiger partial charge in [0.15, 0.2) is 5.75 Å². The summed E-state index contributed by atoms with van der Waals surface area (Å²) in [7, 11) is 0. The molecule has 0 aromatic heterocycles. The Hall–Kier alpha value is -0.680. The van der Waals surface area contributed by atoms with E-state index in [1.807, 2.05) is 0 Å². The first-order chi connectivity index (χ1) is 5.65. The third kappa shape index (κ3) is 1.92. The summed E-state index contributed by atoms with van der Waals surface area (Å²) in [6.45, 7) is 0. The van der Waals surface area contributed by atoms with Crippen molar-refractivity contribution in [3.63, 3.8) is 0 Å². The lowest BCUT2D eigenvalue weighted by Gasteiger charge is -2.07. The maximum Gasteiger partial charge on any atom is 0.191 e. The normalized spacial score (nSPS) is 9.92. The molecule has 0 spiro atoms. The highest BCUT2D eigenvalue weighted by atomic mass is 35.5. The molecule has 0 fully saturated rings. The van der Waals surface area contributed by atoms with Gasteiger partial charge in [0, 0.05) is 5.02 Å². The molecule has 0 saturated heterocycles. The van der Waals surface area contributed by atoms with E-state index in [0.717, 1.165) is 0 Å². The van der Waals surface area contributed by atoms with E-state index in [1.54, 1.807) is 0 Å².